The van der Waals surface area contributed by atoms with Crippen LogP contribution in [0.3, 0.4) is 0 Å². The normalized spacial score (nSPS) is 13.0. The van der Waals surface area contributed by atoms with Crippen LogP contribution in [-0.2, 0) is 5.41 Å². The van der Waals surface area contributed by atoms with Crippen molar-refractivity contribution in [2.24, 2.45) is 0 Å². The van der Waals surface area contributed by atoms with E-state index in [2.05, 4.69) is 46.0 Å². The largest absolute Gasteiger partial charge is 0.546 e. The third kappa shape index (κ3) is 2.83. The van der Waals surface area contributed by atoms with Gasteiger partial charge in [-0.1, -0.05) is 45.0 Å². The second-order valence-corrected chi connectivity index (χ2v) is 11.0. The van der Waals surface area contributed by atoms with Gasteiger partial charge in [-0.3, -0.25) is 4.79 Å². The lowest BCUT2D eigenvalue weighted by Crippen LogP contribution is -2.15. The summed E-state index contributed by atoms with van der Waals surface area (Å²) in [6.45, 7) is 10.8. The van der Waals surface area contributed by atoms with Crippen molar-refractivity contribution in [3.05, 3.63) is 59.2 Å². The van der Waals surface area contributed by atoms with Gasteiger partial charge in [-0.25, -0.2) is 0 Å². The quantitative estimate of drug-likeness (QED) is 0.420. The summed E-state index contributed by atoms with van der Waals surface area (Å²) in [5.74, 6) is 1.70. The number of carbonyl (C=O) groups excluding carboxylic acids is 1. The van der Waals surface area contributed by atoms with E-state index in [0.29, 0.717) is 0 Å². The van der Waals surface area contributed by atoms with Crippen LogP contribution >= 0.6 is 0 Å². The highest BCUT2D eigenvalue weighted by molar-refractivity contribution is 6.49. The molecule has 144 valence electrons. The summed E-state index contributed by atoms with van der Waals surface area (Å²) < 4.78 is 12.0. The van der Waals surface area contributed by atoms with Gasteiger partial charge in [0.2, 0.25) is 9.04 Å². The van der Waals surface area contributed by atoms with Gasteiger partial charge in [0.15, 0.2) is 5.78 Å². The van der Waals surface area contributed by atoms with Gasteiger partial charge >= 0.3 is 0 Å². The number of benzene rings is 3. The molecule has 3 aromatic rings. The van der Waals surface area contributed by atoms with Crippen LogP contribution in [0.15, 0.2) is 42.5 Å². The molecule has 28 heavy (non-hydrogen) atoms. The molecule has 0 fully saturated rings. The molecule has 0 aliphatic heterocycles. The van der Waals surface area contributed by atoms with E-state index in [0.717, 1.165) is 50.1 Å². The lowest BCUT2D eigenvalue weighted by molar-refractivity contribution is 0.104. The molecular formula is C24H26O3Si. The zero-order chi connectivity index (χ0) is 20.2. The number of carbonyl (C=O) groups is 1. The summed E-state index contributed by atoms with van der Waals surface area (Å²) in [7, 11) is 0.318. The summed E-state index contributed by atoms with van der Waals surface area (Å²) in [5, 5.41) is 2.13. The van der Waals surface area contributed by atoms with Crippen LogP contribution in [0.5, 0.6) is 11.5 Å². The standard InChI is InChI=1S/C24H26O3Si/c1-24(2,3)19-13-18-21(15-9-7-8-10-16(15)23(18)25)22-17(19)11-14(26-4)12-20(22)27-28(5)6/h7-13,28H,1-6H3. The van der Waals surface area contributed by atoms with Gasteiger partial charge in [0.25, 0.3) is 0 Å². The van der Waals surface area contributed by atoms with E-state index in [-0.39, 0.29) is 11.2 Å². The molecule has 0 saturated heterocycles. The molecule has 1 aliphatic carbocycles. The topological polar surface area (TPSA) is 35.5 Å². The Bertz CT molecular complexity index is 1110. The number of methoxy groups -OCH3 is 1. The summed E-state index contributed by atoms with van der Waals surface area (Å²) >= 11 is 0. The molecule has 0 N–H and O–H groups in total. The fourth-order valence-corrected chi connectivity index (χ4v) is 4.77. The highest BCUT2D eigenvalue weighted by Crippen LogP contribution is 2.49. The molecule has 3 nitrogen and oxygen atoms in total. The number of hydrogen-bond acceptors (Lipinski definition) is 3. The number of ketones is 1. The van der Waals surface area contributed by atoms with Gasteiger partial charge < -0.3 is 9.16 Å². The Balaban J connectivity index is 2.21. The van der Waals surface area contributed by atoms with Crippen LogP contribution in [0.25, 0.3) is 21.9 Å². The van der Waals surface area contributed by atoms with Gasteiger partial charge in [0.1, 0.15) is 11.5 Å². The zero-order valence-electron chi connectivity index (χ0n) is 17.3. The molecule has 0 amide bonds. The van der Waals surface area contributed by atoms with Crippen LogP contribution in [0.1, 0.15) is 42.3 Å². The Hall–Kier alpha value is -2.59. The minimum atomic E-state index is -1.36. The van der Waals surface area contributed by atoms with Gasteiger partial charge in [-0.05, 0) is 47.2 Å². The summed E-state index contributed by atoms with van der Waals surface area (Å²) in [6, 6.07) is 14.0. The molecule has 0 bridgehead atoms. The monoisotopic (exact) mass is 390 g/mol. The summed E-state index contributed by atoms with van der Waals surface area (Å²) in [5.41, 5.74) is 4.55. The average Bonchev–Trinajstić information content (AvgIpc) is 2.92. The van der Waals surface area contributed by atoms with Crippen LogP contribution in [0, 0.1) is 0 Å². The molecule has 0 aromatic heterocycles. The fraction of sp³-hybridized carbons (Fsp3) is 0.292. The molecule has 1 aliphatic rings. The van der Waals surface area contributed by atoms with Gasteiger partial charge in [0.05, 0.1) is 7.11 Å². The van der Waals surface area contributed by atoms with E-state index >= 15 is 0 Å². The Morgan fingerprint density at radius 2 is 1.61 bits per heavy atom. The first-order chi connectivity index (χ1) is 13.2. The first-order valence-electron chi connectivity index (χ1n) is 9.72. The van der Waals surface area contributed by atoms with E-state index in [1.165, 1.54) is 0 Å². The van der Waals surface area contributed by atoms with Crippen molar-refractivity contribution in [3.63, 3.8) is 0 Å². The summed E-state index contributed by atoms with van der Waals surface area (Å²) in [6.07, 6.45) is 0. The Morgan fingerprint density at radius 1 is 0.929 bits per heavy atom. The van der Waals surface area contributed by atoms with E-state index in [1.807, 2.05) is 30.3 Å². The number of hydrogen-bond donors (Lipinski definition) is 0. The molecule has 4 heteroatoms. The van der Waals surface area contributed by atoms with Crippen LogP contribution in [-0.4, -0.2) is 21.9 Å². The summed E-state index contributed by atoms with van der Waals surface area (Å²) in [4.78, 5) is 13.2. The smallest absolute Gasteiger partial charge is 0.229 e. The third-order valence-electron chi connectivity index (χ3n) is 5.27. The number of rotatable bonds is 3. The minimum absolute atomic E-state index is 0.0987. The molecular weight excluding hydrogens is 364 g/mol. The third-order valence-corrected chi connectivity index (χ3v) is 5.99. The SMILES string of the molecule is COc1cc(O[SiH](C)C)c2c3c(cc(C(C)(C)C)c2c1)C(=O)c1ccccc1-3. The molecule has 0 unspecified atom stereocenters. The molecule has 3 aromatic carbocycles. The molecule has 0 radical (unpaired) electrons. The van der Waals surface area contributed by atoms with Crippen LogP contribution in [0.2, 0.25) is 13.1 Å². The van der Waals surface area contributed by atoms with Gasteiger partial charge in [0, 0.05) is 28.1 Å². The maximum absolute atomic E-state index is 13.2. The molecule has 0 heterocycles. The van der Waals surface area contributed by atoms with Crippen molar-refractivity contribution in [1.82, 2.24) is 0 Å². The fourth-order valence-electron chi connectivity index (χ4n) is 4.08. The second kappa shape index (κ2) is 6.49. The minimum Gasteiger partial charge on any atom is -0.546 e. The molecule has 0 atom stereocenters. The number of fused-ring (bicyclic) bond motifs is 5. The average molecular weight is 391 g/mol. The Kier molecular flexibility index (Phi) is 4.34. The van der Waals surface area contributed by atoms with Crippen LogP contribution in [0.4, 0.5) is 0 Å². The van der Waals surface area contributed by atoms with Crippen LogP contribution < -0.4 is 9.16 Å². The first kappa shape index (κ1) is 18.8. The molecule has 0 saturated carbocycles. The predicted molar refractivity (Wildman–Crippen MR) is 118 cm³/mol. The van der Waals surface area contributed by atoms with Crippen molar-refractivity contribution in [1.29, 1.82) is 0 Å². The number of ether oxygens (including phenoxy) is 1. The van der Waals surface area contributed by atoms with E-state index < -0.39 is 9.04 Å². The van der Waals surface area contributed by atoms with Gasteiger partial charge in [-0.2, -0.15) is 0 Å². The highest BCUT2D eigenvalue weighted by Gasteiger charge is 2.33. The van der Waals surface area contributed by atoms with E-state index in [1.54, 1.807) is 7.11 Å². The first-order valence-corrected chi connectivity index (χ1v) is 12.5. The lowest BCUT2D eigenvalue weighted by atomic mass is 9.80. The Labute approximate surface area is 168 Å². The predicted octanol–water partition coefficient (Wildman–Crippen LogP) is 5.72. The lowest BCUT2D eigenvalue weighted by Gasteiger charge is -2.25. The molecule has 4 rings (SSSR count). The Morgan fingerprint density at radius 3 is 2.21 bits per heavy atom. The van der Waals surface area contributed by atoms with E-state index in [9.17, 15) is 4.79 Å². The second-order valence-electron chi connectivity index (χ2n) is 8.69. The van der Waals surface area contributed by atoms with Gasteiger partial charge in [-0.15, -0.1) is 0 Å². The van der Waals surface area contributed by atoms with Crippen molar-refractivity contribution >= 4 is 25.6 Å². The highest BCUT2D eigenvalue weighted by atomic mass is 28.3. The molecule has 0 spiro atoms. The zero-order valence-corrected chi connectivity index (χ0v) is 18.5. The van der Waals surface area contributed by atoms with Crippen molar-refractivity contribution in [2.45, 2.75) is 39.3 Å². The van der Waals surface area contributed by atoms with E-state index in [4.69, 9.17) is 9.16 Å². The maximum Gasteiger partial charge on any atom is 0.229 e. The maximum atomic E-state index is 13.2. The van der Waals surface area contributed by atoms with Crippen molar-refractivity contribution in [2.75, 3.05) is 7.11 Å². The van der Waals surface area contributed by atoms with Crippen molar-refractivity contribution in [3.8, 4) is 22.6 Å². The van der Waals surface area contributed by atoms with Crippen molar-refractivity contribution < 1.29 is 14.0 Å².